The van der Waals surface area contributed by atoms with Crippen LogP contribution in [0.15, 0.2) is 24.3 Å². The molecular weight excluding hydrogens is 256 g/mol. The molecule has 3 nitrogen and oxygen atoms in total. The Morgan fingerprint density at radius 2 is 2.11 bits per heavy atom. The van der Waals surface area contributed by atoms with E-state index in [2.05, 4.69) is 16.4 Å². The molecule has 0 saturated heterocycles. The van der Waals surface area contributed by atoms with Gasteiger partial charge >= 0.3 is 0 Å². The molecule has 100 valence electrons. The first kappa shape index (κ1) is 12.6. The fourth-order valence-electron chi connectivity index (χ4n) is 2.65. The zero-order valence-corrected chi connectivity index (χ0v) is 11.7. The van der Waals surface area contributed by atoms with Gasteiger partial charge in [-0.05, 0) is 25.0 Å². The van der Waals surface area contributed by atoms with E-state index < -0.39 is 0 Å². The summed E-state index contributed by atoms with van der Waals surface area (Å²) < 4.78 is 1.22. The zero-order valence-electron chi connectivity index (χ0n) is 10.9. The normalized spacial score (nSPS) is 16.0. The molecule has 0 aliphatic heterocycles. The van der Waals surface area contributed by atoms with Gasteiger partial charge in [0.05, 0.1) is 15.2 Å². The maximum absolute atomic E-state index is 11.9. The number of nitrogens with zero attached hydrogens (tertiary/aromatic N) is 1. The second-order valence-corrected chi connectivity index (χ2v) is 6.21. The molecule has 0 spiro atoms. The third-order valence-electron chi connectivity index (χ3n) is 3.70. The molecule has 1 aliphatic carbocycles. The zero-order chi connectivity index (χ0) is 13.1. The maximum atomic E-state index is 11.9. The minimum absolute atomic E-state index is 0.235. The van der Waals surface area contributed by atoms with E-state index in [1.807, 2.05) is 18.2 Å². The molecule has 1 aromatic heterocycles. The summed E-state index contributed by atoms with van der Waals surface area (Å²) in [7, 11) is 0. The summed E-state index contributed by atoms with van der Waals surface area (Å²) in [6.45, 7) is 0.704. The Hall–Kier alpha value is -1.42. The van der Waals surface area contributed by atoms with Gasteiger partial charge in [0.1, 0.15) is 0 Å². The molecular formula is C15H18N2OS. The van der Waals surface area contributed by atoms with E-state index in [0.717, 1.165) is 29.8 Å². The highest BCUT2D eigenvalue weighted by Gasteiger charge is 2.21. The Labute approximate surface area is 117 Å². The van der Waals surface area contributed by atoms with Crippen LogP contribution in [0.4, 0.5) is 0 Å². The van der Waals surface area contributed by atoms with Crippen molar-refractivity contribution in [3.8, 4) is 0 Å². The van der Waals surface area contributed by atoms with Crippen molar-refractivity contribution in [2.24, 2.45) is 5.92 Å². The molecule has 1 aliphatic rings. The van der Waals surface area contributed by atoms with Crippen molar-refractivity contribution < 1.29 is 4.79 Å². The van der Waals surface area contributed by atoms with E-state index in [4.69, 9.17) is 0 Å². The summed E-state index contributed by atoms with van der Waals surface area (Å²) in [5.74, 6) is 0.494. The number of aromatic nitrogens is 1. The molecule has 3 rings (SSSR count). The van der Waals surface area contributed by atoms with Crippen molar-refractivity contribution in [3.63, 3.8) is 0 Å². The molecule has 1 heterocycles. The highest BCUT2D eigenvalue weighted by molar-refractivity contribution is 7.18. The minimum atomic E-state index is 0.235. The van der Waals surface area contributed by atoms with Gasteiger partial charge in [-0.2, -0.15) is 0 Å². The van der Waals surface area contributed by atoms with Crippen LogP contribution in [0.3, 0.4) is 0 Å². The van der Waals surface area contributed by atoms with Gasteiger partial charge in [-0.25, -0.2) is 4.98 Å². The standard InChI is InChI=1S/C15H18N2OS/c18-15(11-5-1-2-6-11)16-10-9-14-17-12-7-3-4-8-13(12)19-14/h3-4,7-8,11H,1-2,5-6,9-10H2,(H,16,18). The molecule has 0 unspecified atom stereocenters. The molecule has 0 bridgehead atoms. The summed E-state index contributed by atoms with van der Waals surface area (Å²) in [4.78, 5) is 16.5. The molecule has 1 fully saturated rings. The molecule has 1 N–H and O–H groups in total. The predicted molar refractivity (Wildman–Crippen MR) is 78.3 cm³/mol. The molecule has 1 saturated carbocycles. The van der Waals surface area contributed by atoms with Crippen molar-refractivity contribution in [2.45, 2.75) is 32.1 Å². The van der Waals surface area contributed by atoms with Gasteiger partial charge in [-0.3, -0.25) is 4.79 Å². The lowest BCUT2D eigenvalue weighted by Crippen LogP contribution is -2.30. The molecule has 1 amide bonds. The number of carbonyl (C=O) groups is 1. The van der Waals surface area contributed by atoms with Gasteiger partial charge in [0.15, 0.2) is 0 Å². The Balaban J connectivity index is 1.53. The first-order chi connectivity index (χ1) is 9.33. The van der Waals surface area contributed by atoms with Crippen molar-refractivity contribution in [2.75, 3.05) is 6.54 Å². The summed E-state index contributed by atoms with van der Waals surface area (Å²) in [5.41, 5.74) is 1.06. The number of fused-ring (bicyclic) bond motifs is 1. The van der Waals surface area contributed by atoms with Crippen LogP contribution in [0.2, 0.25) is 0 Å². The Bertz CT molecular complexity index is 539. The van der Waals surface area contributed by atoms with Gasteiger partial charge in [-0.15, -0.1) is 11.3 Å². The second-order valence-electron chi connectivity index (χ2n) is 5.10. The van der Waals surface area contributed by atoms with E-state index in [9.17, 15) is 4.79 Å². The highest BCUT2D eigenvalue weighted by atomic mass is 32.1. The Kier molecular flexibility index (Phi) is 3.78. The van der Waals surface area contributed by atoms with Crippen LogP contribution >= 0.6 is 11.3 Å². The van der Waals surface area contributed by atoms with Crippen LogP contribution in [0.25, 0.3) is 10.2 Å². The van der Waals surface area contributed by atoms with Crippen LogP contribution in [0, 0.1) is 5.92 Å². The topological polar surface area (TPSA) is 42.0 Å². The van der Waals surface area contributed by atoms with Crippen molar-refractivity contribution in [3.05, 3.63) is 29.3 Å². The van der Waals surface area contributed by atoms with Crippen LogP contribution in [-0.2, 0) is 11.2 Å². The number of hydrogen-bond acceptors (Lipinski definition) is 3. The Morgan fingerprint density at radius 3 is 2.89 bits per heavy atom. The van der Waals surface area contributed by atoms with Gasteiger partial charge in [0.2, 0.25) is 5.91 Å². The first-order valence-electron chi connectivity index (χ1n) is 6.95. The lowest BCUT2D eigenvalue weighted by atomic mass is 10.1. The number of thiazole rings is 1. The first-order valence-corrected chi connectivity index (χ1v) is 7.77. The maximum Gasteiger partial charge on any atom is 0.223 e. The average Bonchev–Trinajstić information content (AvgIpc) is 3.07. The second kappa shape index (κ2) is 5.70. The number of amides is 1. The minimum Gasteiger partial charge on any atom is -0.355 e. The van der Waals surface area contributed by atoms with Gasteiger partial charge in [0.25, 0.3) is 0 Å². The number of carbonyl (C=O) groups excluding carboxylic acids is 1. The number of nitrogens with one attached hydrogen (secondary N) is 1. The molecule has 2 aromatic rings. The van der Waals surface area contributed by atoms with E-state index in [1.165, 1.54) is 17.5 Å². The Morgan fingerprint density at radius 1 is 1.32 bits per heavy atom. The van der Waals surface area contributed by atoms with Crippen molar-refractivity contribution >= 4 is 27.5 Å². The summed E-state index contributed by atoms with van der Waals surface area (Å²) >= 11 is 1.72. The van der Waals surface area contributed by atoms with Crippen molar-refractivity contribution in [1.29, 1.82) is 0 Å². The number of para-hydroxylation sites is 1. The van der Waals surface area contributed by atoms with Crippen molar-refractivity contribution in [1.82, 2.24) is 10.3 Å². The molecule has 4 heteroatoms. The van der Waals surface area contributed by atoms with Crippen LogP contribution in [0.1, 0.15) is 30.7 Å². The number of hydrogen-bond donors (Lipinski definition) is 1. The fourth-order valence-corrected chi connectivity index (χ4v) is 3.62. The van der Waals surface area contributed by atoms with Crippen LogP contribution < -0.4 is 5.32 Å². The molecule has 19 heavy (non-hydrogen) atoms. The highest BCUT2D eigenvalue weighted by Crippen LogP contribution is 2.25. The predicted octanol–water partition coefficient (Wildman–Crippen LogP) is 3.15. The summed E-state index contributed by atoms with van der Waals surface area (Å²) in [6, 6.07) is 8.17. The summed E-state index contributed by atoms with van der Waals surface area (Å²) in [6.07, 6.45) is 5.36. The quantitative estimate of drug-likeness (QED) is 0.930. The lowest BCUT2D eigenvalue weighted by molar-refractivity contribution is -0.124. The van der Waals surface area contributed by atoms with Crippen LogP contribution in [0.5, 0.6) is 0 Å². The SMILES string of the molecule is O=C(NCCc1nc2ccccc2s1)C1CCCC1. The van der Waals surface area contributed by atoms with Crippen LogP contribution in [-0.4, -0.2) is 17.4 Å². The molecule has 0 atom stereocenters. The molecule has 0 radical (unpaired) electrons. The largest absolute Gasteiger partial charge is 0.355 e. The number of benzene rings is 1. The fraction of sp³-hybridized carbons (Fsp3) is 0.467. The monoisotopic (exact) mass is 274 g/mol. The number of rotatable bonds is 4. The van der Waals surface area contributed by atoms with E-state index in [-0.39, 0.29) is 11.8 Å². The van der Waals surface area contributed by atoms with Gasteiger partial charge < -0.3 is 5.32 Å². The van der Waals surface area contributed by atoms with E-state index >= 15 is 0 Å². The van der Waals surface area contributed by atoms with E-state index in [0.29, 0.717) is 6.54 Å². The molecule has 1 aromatic carbocycles. The average molecular weight is 274 g/mol. The smallest absolute Gasteiger partial charge is 0.223 e. The lowest BCUT2D eigenvalue weighted by Gasteiger charge is -2.09. The third kappa shape index (κ3) is 2.95. The van der Waals surface area contributed by atoms with Gasteiger partial charge in [-0.1, -0.05) is 25.0 Å². The summed E-state index contributed by atoms with van der Waals surface area (Å²) in [5, 5.41) is 4.15. The van der Waals surface area contributed by atoms with Gasteiger partial charge in [0, 0.05) is 18.9 Å². The van der Waals surface area contributed by atoms with E-state index in [1.54, 1.807) is 11.3 Å². The third-order valence-corrected chi connectivity index (χ3v) is 4.80.